The maximum absolute atomic E-state index is 12.9. The number of hydrogen-bond donors (Lipinski definition) is 2. The van der Waals surface area contributed by atoms with Gasteiger partial charge in [-0.2, -0.15) is 5.10 Å². The molecule has 1 aromatic heterocycles. The molecule has 0 saturated heterocycles. The Morgan fingerprint density at radius 1 is 1.17 bits per heavy atom. The van der Waals surface area contributed by atoms with Gasteiger partial charge in [-0.3, -0.25) is 14.7 Å². The normalized spacial score (nSPS) is 18.8. The fourth-order valence-electron chi connectivity index (χ4n) is 3.88. The molecule has 1 aliphatic heterocycles. The van der Waals surface area contributed by atoms with Crippen molar-refractivity contribution >= 4 is 17.5 Å². The second-order valence-corrected chi connectivity index (χ2v) is 7.56. The van der Waals surface area contributed by atoms with Gasteiger partial charge in [0.25, 0.3) is 5.91 Å². The molecule has 0 fully saturated rings. The number of fused-ring (bicyclic) bond motifs is 1. The molecule has 3 aromatic rings. The van der Waals surface area contributed by atoms with E-state index < -0.39 is 6.04 Å². The van der Waals surface area contributed by atoms with E-state index in [2.05, 4.69) is 22.4 Å². The fraction of sp³-hybridized carbons (Fsp3) is 0.261. The molecule has 0 saturated carbocycles. The van der Waals surface area contributed by atoms with Crippen LogP contribution < -0.4 is 10.2 Å². The predicted octanol–water partition coefficient (Wildman–Crippen LogP) is 3.27. The van der Waals surface area contributed by atoms with Gasteiger partial charge >= 0.3 is 0 Å². The highest BCUT2D eigenvalue weighted by Crippen LogP contribution is 2.33. The fourth-order valence-corrected chi connectivity index (χ4v) is 3.88. The summed E-state index contributed by atoms with van der Waals surface area (Å²) in [6, 6.07) is 19.0. The molecule has 1 aliphatic rings. The zero-order valence-corrected chi connectivity index (χ0v) is 16.6. The van der Waals surface area contributed by atoms with Gasteiger partial charge in [-0.05, 0) is 35.6 Å². The van der Waals surface area contributed by atoms with Crippen LogP contribution in [0.1, 0.15) is 46.6 Å². The van der Waals surface area contributed by atoms with Crippen LogP contribution in [0.4, 0.5) is 5.69 Å². The SMILES string of the molecule is C[C@H]1C[C@@H](NC(=O)c2cc(Cc3ccccc3)[nH]n2)C(=O)N(C)c2ccccc21. The zero-order valence-electron chi connectivity index (χ0n) is 16.6. The summed E-state index contributed by atoms with van der Waals surface area (Å²) in [5, 5.41) is 9.95. The molecule has 0 bridgehead atoms. The maximum atomic E-state index is 12.9. The lowest BCUT2D eigenvalue weighted by Crippen LogP contribution is -2.47. The van der Waals surface area contributed by atoms with Crippen LogP contribution in [-0.2, 0) is 11.2 Å². The molecular formula is C23H24N4O2. The van der Waals surface area contributed by atoms with Gasteiger partial charge in [-0.1, -0.05) is 55.5 Å². The van der Waals surface area contributed by atoms with Crippen LogP contribution in [-0.4, -0.2) is 35.1 Å². The Hall–Kier alpha value is -3.41. The number of anilines is 1. The number of aromatic nitrogens is 2. The lowest BCUT2D eigenvalue weighted by molar-refractivity contribution is -0.120. The molecule has 0 spiro atoms. The molecule has 2 N–H and O–H groups in total. The third-order valence-corrected chi connectivity index (χ3v) is 5.45. The molecule has 2 atom stereocenters. The standard InChI is InChI=1S/C23H24N4O2/c1-15-12-20(23(29)27(2)21-11-7-6-10-18(15)21)24-22(28)19-14-17(25-26-19)13-16-8-4-3-5-9-16/h3-11,14-15,20H,12-13H2,1-2H3,(H,24,28)(H,25,26)/t15-,20+/m0/s1. The third kappa shape index (κ3) is 3.92. The molecule has 0 radical (unpaired) electrons. The molecule has 6 nitrogen and oxygen atoms in total. The minimum atomic E-state index is -0.593. The summed E-state index contributed by atoms with van der Waals surface area (Å²) in [6.07, 6.45) is 1.21. The highest BCUT2D eigenvalue weighted by atomic mass is 16.2. The molecule has 6 heteroatoms. The largest absolute Gasteiger partial charge is 0.339 e. The van der Waals surface area contributed by atoms with Crippen LogP contribution in [0.15, 0.2) is 60.7 Å². The number of hydrogen-bond acceptors (Lipinski definition) is 3. The van der Waals surface area contributed by atoms with E-state index in [1.54, 1.807) is 18.0 Å². The first-order chi connectivity index (χ1) is 14.0. The number of amides is 2. The molecule has 29 heavy (non-hydrogen) atoms. The van der Waals surface area contributed by atoms with Crippen molar-refractivity contribution in [1.29, 1.82) is 0 Å². The Labute approximate surface area is 169 Å². The maximum Gasteiger partial charge on any atom is 0.272 e. The first-order valence-electron chi connectivity index (χ1n) is 9.78. The molecule has 0 unspecified atom stereocenters. The monoisotopic (exact) mass is 388 g/mol. The molecule has 2 heterocycles. The topological polar surface area (TPSA) is 78.1 Å². The van der Waals surface area contributed by atoms with Crippen LogP contribution in [0, 0.1) is 0 Å². The van der Waals surface area contributed by atoms with Crippen LogP contribution in [0.5, 0.6) is 0 Å². The first-order valence-corrected chi connectivity index (χ1v) is 9.78. The van der Waals surface area contributed by atoms with Gasteiger partial charge in [0.05, 0.1) is 0 Å². The Balaban J connectivity index is 1.48. The minimum Gasteiger partial charge on any atom is -0.339 e. The summed E-state index contributed by atoms with van der Waals surface area (Å²) < 4.78 is 0. The number of nitrogens with one attached hydrogen (secondary N) is 2. The van der Waals surface area contributed by atoms with Crippen molar-refractivity contribution in [3.05, 3.63) is 83.2 Å². The number of benzene rings is 2. The summed E-state index contributed by atoms with van der Waals surface area (Å²) >= 11 is 0. The predicted molar refractivity (Wildman–Crippen MR) is 112 cm³/mol. The molecular weight excluding hydrogens is 364 g/mol. The van der Waals surface area contributed by atoms with E-state index in [1.165, 1.54) is 0 Å². The van der Waals surface area contributed by atoms with Crippen LogP contribution in [0.25, 0.3) is 0 Å². The van der Waals surface area contributed by atoms with E-state index in [4.69, 9.17) is 0 Å². The lowest BCUT2D eigenvalue weighted by Gasteiger charge is -2.21. The second kappa shape index (κ2) is 7.91. The van der Waals surface area contributed by atoms with E-state index in [9.17, 15) is 9.59 Å². The van der Waals surface area contributed by atoms with Gasteiger partial charge in [-0.15, -0.1) is 0 Å². The molecule has 148 valence electrons. The number of aromatic amines is 1. The van der Waals surface area contributed by atoms with E-state index in [-0.39, 0.29) is 17.7 Å². The average Bonchev–Trinajstić information content (AvgIpc) is 3.18. The summed E-state index contributed by atoms with van der Waals surface area (Å²) in [5.41, 5.74) is 4.29. The van der Waals surface area contributed by atoms with Crippen molar-refractivity contribution in [2.24, 2.45) is 0 Å². The van der Waals surface area contributed by atoms with Gasteiger partial charge in [0.2, 0.25) is 5.91 Å². The summed E-state index contributed by atoms with van der Waals surface area (Å²) in [6.45, 7) is 2.08. The zero-order chi connectivity index (χ0) is 20.4. The van der Waals surface area contributed by atoms with E-state index in [0.29, 0.717) is 18.5 Å². The van der Waals surface area contributed by atoms with Crippen LogP contribution in [0.2, 0.25) is 0 Å². The van der Waals surface area contributed by atoms with Gasteiger partial charge in [0.1, 0.15) is 11.7 Å². The molecule has 2 aromatic carbocycles. The summed E-state index contributed by atoms with van der Waals surface area (Å²) in [4.78, 5) is 27.3. The van der Waals surface area contributed by atoms with Gasteiger partial charge < -0.3 is 10.2 Å². The van der Waals surface area contributed by atoms with Gasteiger partial charge in [0, 0.05) is 24.8 Å². The number of para-hydroxylation sites is 1. The number of likely N-dealkylation sites (N-methyl/N-ethyl adjacent to an activating group) is 1. The number of nitrogens with zero attached hydrogens (tertiary/aromatic N) is 2. The second-order valence-electron chi connectivity index (χ2n) is 7.56. The molecule has 0 aliphatic carbocycles. The minimum absolute atomic E-state index is 0.116. The van der Waals surface area contributed by atoms with Crippen molar-refractivity contribution in [3.63, 3.8) is 0 Å². The van der Waals surface area contributed by atoms with E-state index in [1.807, 2.05) is 54.6 Å². The quantitative estimate of drug-likeness (QED) is 0.720. The van der Waals surface area contributed by atoms with E-state index >= 15 is 0 Å². The van der Waals surface area contributed by atoms with Crippen LogP contribution in [0.3, 0.4) is 0 Å². The number of H-pyrrole nitrogens is 1. The number of rotatable bonds is 4. The van der Waals surface area contributed by atoms with Crippen molar-refractivity contribution in [2.45, 2.75) is 31.7 Å². The average molecular weight is 388 g/mol. The van der Waals surface area contributed by atoms with Crippen LogP contribution >= 0.6 is 0 Å². The molecule has 4 rings (SSSR count). The Bertz CT molecular complexity index is 1030. The summed E-state index contributed by atoms with van der Waals surface area (Å²) in [7, 11) is 1.75. The summed E-state index contributed by atoms with van der Waals surface area (Å²) in [5.74, 6) is -0.307. The van der Waals surface area contributed by atoms with Crippen molar-refractivity contribution in [1.82, 2.24) is 15.5 Å². The smallest absolute Gasteiger partial charge is 0.272 e. The Morgan fingerprint density at radius 3 is 2.69 bits per heavy atom. The number of carbonyl (C=O) groups excluding carboxylic acids is 2. The highest BCUT2D eigenvalue weighted by Gasteiger charge is 2.32. The Kier molecular flexibility index (Phi) is 5.16. The van der Waals surface area contributed by atoms with Crippen molar-refractivity contribution in [3.8, 4) is 0 Å². The van der Waals surface area contributed by atoms with Crippen molar-refractivity contribution in [2.75, 3.05) is 11.9 Å². The highest BCUT2D eigenvalue weighted by molar-refractivity contribution is 6.02. The number of carbonyl (C=O) groups is 2. The molecule has 2 amide bonds. The van der Waals surface area contributed by atoms with Gasteiger partial charge in [-0.25, -0.2) is 0 Å². The Morgan fingerprint density at radius 2 is 1.90 bits per heavy atom. The lowest BCUT2D eigenvalue weighted by atomic mass is 9.94. The van der Waals surface area contributed by atoms with E-state index in [0.717, 1.165) is 22.5 Å². The van der Waals surface area contributed by atoms with Gasteiger partial charge in [0.15, 0.2) is 0 Å². The third-order valence-electron chi connectivity index (χ3n) is 5.45. The first kappa shape index (κ1) is 18.9. The van der Waals surface area contributed by atoms with Crippen molar-refractivity contribution < 1.29 is 9.59 Å².